The van der Waals surface area contributed by atoms with Crippen LogP contribution < -0.4 is 5.73 Å². The molecular formula is C10H14N4O3S. The molecule has 3 heterocycles. The third-order valence-electron chi connectivity index (χ3n) is 3.42. The Morgan fingerprint density at radius 1 is 1.56 bits per heavy atom. The molecule has 0 amide bonds. The summed E-state index contributed by atoms with van der Waals surface area (Å²) in [5.41, 5.74) is 5.83. The maximum atomic E-state index is 10.6. The zero-order valence-electron chi connectivity index (χ0n) is 9.65. The zero-order chi connectivity index (χ0) is 12.7. The molecule has 2 bridgehead atoms. The number of carboxylic acids is 1. The van der Waals surface area contributed by atoms with Crippen LogP contribution in [0.25, 0.3) is 0 Å². The molecule has 2 fully saturated rings. The highest BCUT2D eigenvalue weighted by Gasteiger charge is 2.43. The predicted molar refractivity (Wildman–Crippen MR) is 64.3 cm³/mol. The van der Waals surface area contributed by atoms with Crippen molar-refractivity contribution < 1.29 is 14.6 Å². The summed E-state index contributed by atoms with van der Waals surface area (Å²) >= 11 is 1.14. The second-order valence-electron chi connectivity index (χ2n) is 4.57. The van der Waals surface area contributed by atoms with Crippen LogP contribution in [-0.4, -0.2) is 43.8 Å². The Bertz CT molecular complexity index is 478. The van der Waals surface area contributed by atoms with Crippen LogP contribution in [0.4, 0.5) is 5.95 Å². The fourth-order valence-electron chi connectivity index (χ4n) is 2.71. The maximum Gasteiger partial charge on any atom is 0.313 e. The van der Waals surface area contributed by atoms with Crippen molar-refractivity contribution in [3.63, 3.8) is 0 Å². The molecule has 2 saturated heterocycles. The van der Waals surface area contributed by atoms with Gasteiger partial charge in [0, 0.05) is 0 Å². The first-order chi connectivity index (χ1) is 8.65. The van der Waals surface area contributed by atoms with Gasteiger partial charge in [0.05, 0.1) is 24.0 Å². The smallest absolute Gasteiger partial charge is 0.313 e. The van der Waals surface area contributed by atoms with E-state index < -0.39 is 5.97 Å². The molecule has 98 valence electrons. The highest BCUT2D eigenvalue weighted by Crippen LogP contribution is 2.43. The van der Waals surface area contributed by atoms with Crippen molar-refractivity contribution in [3.05, 3.63) is 0 Å². The highest BCUT2D eigenvalue weighted by atomic mass is 32.2. The molecule has 0 saturated carbocycles. The Balaban J connectivity index is 1.82. The number of hydrogen-bond acceptors (Lipinski definition) is 6. The Morgan fingerprint density at radius 2 is 2.39 bits per heavy atom. The first-order valence-electron chi connectivity index (χ1n) is 5.85. The zero-order valence-corrected chi connectivity index (χ0v) is 10.5. The van der Waals surface area contributed by atoms with Crippen LogP contribution in [0, 0.1) is 0 Å². The lowest BCUT2D eigenvalue weighted by Gasteiger charge is -2.21. The molecule has 7 nitrogen and oxygen atoms in total. The number of hydrogen-bond donors (Lipinski definition) is 2. The van der Waals surface area contributed by atoms with Crippen molar-refractivity contribution in [1.29, 1.82) is 0 Å². The molecule has 8 heteroatoms. The number of fused-ring (bicyclic) bond motifs is 2. The summed E-state index contributed by atoms with van der Waals surface area (Å²) < 4.78 is 7.62. The molecule has 0 aromatic carbocycles. The van der Waals surface area contributed by atoms with E-state index in [9.17, 15) is 4.79 Å². The van der Waals surface area contributed by atoms with E-state index in [1.54, 1.807) is 0 Å². The van der Waals surface area contributed by atoms with Crippen molar-refractivity contribution in [2.45, 2.75) is 42.7 Å². The Labute approximate surface area is 108 Å². The second kappa shape index (κ2) is 4.43. The van der Waals surface area contributed by atoms with Crippen molar-refractivity contribution in [1.82, 2.24) is 14.8 Å². The summed E-state index contributed by atoms with van der Waals surface area (Å²) in [5, 5.41) is 17.1. The van der Waals surface area contributed by atoms with E-state index in [-0.39, 0.29) is 17.9 Å². The van der Waals surface area contributed by atoms with E-state index in [0.717, 1.165) is 31.0 Å². The highest BCUT2D eigenvalue weighted by molar-refractivity contribution is 7.99. The summed E-state index contributed by atoms with van der Waals surface area (Å²) in [6, 6.07) is 0.148. The number of aromatic nitrogens is 3. The Morgan fingerprint density at radius 3 is 3.00 bits per heavy atom. The summed E-state index contributed by atoms with van der Waals surface area (Å²) in [6.07, 6.45) is 3.50. The van der Waals surface area contributed by atoms with Gasteiger partial charge in [-0.25, -0.2) is 0 Å². The maximum absolute atomic E-state index is 10.6. The average Bonchev–Trinajstić information content (AvgIpc) is 3.00. The third kappa shape index (κ3) is 1.95. The lowest BCUT2D eigenvalue weighted by atomic mass is 9.95. The largest absolute Gasteiger partial charge is 0.481 e. The molecule has 1 aromatic heterocycles. The van der Waals surface area contributed by atoms with Gasteiger partial charge in [-0.3, -0.25) is 9.36 Å². The molecule has 0 aliphatic carbocycles. The predicted octanol–water partition coefficient (Wildman–Crippen LogP) is 0.529. The quantitative estimate of drug-likeness (QED) is 0.769. The molecule has 3 N–H and O–H groups in total. The van der Waals surface area contributed by atoms with E-state index in [0.29, 0.717) is 17.2 Å². The van der Waals surface area contributed by atoms with E-state index in [1.807, 2.05) is 4.57 Å². The van der Waals surface area contributed by atoms with Crippen LogP contribution in [0.3, 0.4) is 0 Å². The second-order valence-corrected chi connectivity index (χ2v) is 5.51. The molecule has 1 aromatic rings. The molecule has 3 unspecified atom stereocenters. The number of aliphatic carboxylic acids is 1. The number of carboxylic acid groups (broad SMARTS) is 1. The molecule has 0 spiro atoms. The fourth-order valence-corrected chi connectivity index (χ4v) is 3.43. The van der Waals surface area contributed by atoms with Gasteiger partial charge in [-0.05, 0) is 19.3 Å². The number of ether oxygens (including phenoxy) is 1. The minimum atomic E-state index is -0.877. The van der Waals surface area contributed by atoms with Gasteiger partial charge in [-0.15, -0.1) is 10.2 Å². The van der Waals surface area contributed by atoms with Gasteiger partial charge >= 0.3 is 5.97 Å². The Hall–Kier alpha value is -1.28. The summed E-state index contributed by atoms with van der Waals surface area (Å²) in [4.78, 5) is 10.6. The van der Waals surface area contributed by atoms with Crippen LogP contribution in [0.2, 0.25) is 0 Å². The number of carbonyl (C=O) groups is 1. The Kier molecular flexibility index (Phi) is 2.90. The minimum Gasteiger partial charge on any atom is -0.481 e. The van der Waals surface area contributed by atoms with E-state index in [2.05, 4.69) is 10.2 Å². The normalized spacial score (nSPS) is 29.9. The minimum absolute atomic E-state index is 0.0419. The number of nitrogens with zero attached hydrogens (tertiary/aromatic N) is 3. The lowest BCUT2D eigenvalue weighted by Crippen LogP contribution is -2.23. The molecule has 2 aliphatic heterocycles. The van der Waals surface area contributed by atoms with Crippen molar-refractivity contribution in [2.75, 3.05) is 11.5 Å². The number of rotatable bonds is 4. The number of anilines is 1. The molecule has 3 atom stereocenters. The molecular weight excluding hydrogens is 256 g/mol. The van der Waals surface area contributed by atoms with Crippen molar-refractivity contribution in [2.24, 2.45) is 0 Å². The summed E-state index contributed by atoms with van der Waals surface area (Å²) in [6.45, 7) is 0. The summed E-state index contributed by atoms with van der Waals surface area (Å²) in [7, 11) is 0. The van der Waals surface area contributed by atoms with Gasteiger partial charge in [0.25, 0.3) is 0 Å². The van der Waals surface area contributed by atoms with Gasteiger partial charge in [0.15, 0.2) is 5.16 Å². The molecule has 3 rings (SSSR count). The molecule has 0 radical (unpaired) electrons. The van der Waals surface area contributed by atoms with Gasteiger partial charge in [0.1, 0.15) is 0 Å². The van der Waals surface area contributed by atoms with Crippen LogP contribution in [0.1, 0.15) is 25.3 Å². The summed E-state index contributed by atoms with van der Waals surface area (Å²) in [5.74, 6) is -0.582. The third-order valence-corrected chi connectivity index (χ3v) is 4.35. The number of thioether (sulfide) groups is 1. The molecule has 18 heavy (non-hydrogen) atoms. The first-order valence-corrected chi connectivity index (χ1v) is 6.84. The number of nitrogen functional groups attached to an aromatic ring is 1. The van der Waals surface area contributed by atoms with Crippen molar-refractivity contribution >= 4 is 23.7 Å². The van der Waals surface area contributed by atoms with Gasteiger partial charge < -0.3 is 15.6 Å². The van der Waals surface area contributed by atoms with Gasteiger partial charge in [-0.1, -0.05) is 11.8 Å². The van der Waals surface area contributed by atoms with Crippen LogP contribution in [-0.2, 0) is 9.53 Å². The van der Waals surface area contributed by atoms with Crippen molar-refractivity contribution in [3.8, 4) is 0 Å². The molecule has 2 aliphatic rings. The number of nitrogens with two attached hydrogens (primary N) is 1. The van der Waals surface area contributed by atoms with E-state index in [4.69, 9.17) is 15.6 Å². The van der Waals surface area contributed by atoms with Crippen LogP contribution in [0.5, 0.6) is 0 Å². The monoisotopic (exact) mass is 270 g/mol. The van der Waals surface area contributed by atoms with E-state index >= 15 is 0 Å². The average molecular weight is 270 g/mol. The first kappa shape index (κ1) is 11.8. The lowest BCUT2D eigenvalue weighted by molar-refractivity contribution is -0.133. The topological polar surface area (TPSA) is 103 Å². The van der Waals surface area contributed by atoms with Gasteiger partial charge in [0.2, 0.25) is 5.95 Å². The van der Waals surface area contributed by atoms with Gasteiger partial charge in [-0.2, -0.15) is 0 Å². The standard InChI is InChI=1S/C10H14N4O3S/c11-9-12-13-10(18-4-8(15)16)14(9)6-3-5-1-2-7(6)17-5/h5-7H,1-4H2,(H2,11,12)(H,15,16). The fraction of sp³-hybridized carbons (Fsp3) is 0.700. The SMILES string of the molecule is Nc1nnc(SCC(=O)O)n1C1CC2CCC1O2. The van der Waals surface area contributed by atoms with E-state index in [1.165, 1.54) is 0 Å². The van der Waals surface area contributed by atoms with Crippen LogP contribution in [0.15, 0.2) is 5.16 Å². The van der Waals surface area contributed by atoms with Crippen LogP contribution >= 0.6 is 11.8 Å².